The van der Waals surface area contributed by atoms with Crippen LogP contribution in [0.1, 0.15) is 22.8 Å². The van der Waals surface area contributed by atoms with Crippen LogP contribution in [-0.2, 0) is 4.79 Å². The van der Waals surface area contributed by atoms with Crippen molar-refractivity contribution in [2.24, 2.45) is 0 Å². The van der Waals surface area contributed by atoms with Crippen molar-refractivity contribution in [3.05, 3.63) is 29.3 Å². The summed E-state index contributed by atoms with van der Waals surface area (Å²) in [5.41, 5.74) is 1.07. The van der Waals surface area contributed by atoms with Gasteiger partial charge in [-0.3, -0.25) is 4.79 Å². The molecule has 2 rings (SSSR count). The second kappa shape index (κ2) is 5.13. The molecule has 0 aliphatic carbocycles. The maximum absolute atomic E-state index is 12.5. The highest BCUT2D eigenvalue weighted by Crippen LogP contribution is 2.31. The van der Waals surface area contributed by atoms with E-state index in [-0.39, 0.29) is 17.0 Å². The van der Waals surface area contributed by atoms with Crippen molar-refractivity contribution in [1.29, 1.82) is 0 Å². The lowest BCUT2D eigenvalue weighted by Crippen LogP contribution is -2.44. The van der Waals surface area contributed by atoms with Crippen LogP contribution in [0.4, 0.5) is 0 Å². The molecule has 19 heavy (non-hydrogen) atoms. The quantitative estimate of drug-likeness (QED) is 0.862. The summed E-state index contributed by atoms with van der Waals surface area (Å²) in [6, 6.07) is 3.67. The molecular weight excluding hydrogens is 266 g/mol. The first kappa shape index (κ1) is 13.7. The molecule has 5 nitrogen and oxygen atoms in total. The van der Waals surface area contributed by atoms with Crippen molar-refractivity contribution >= 4 is 23.6 Å². The normalized spacial score (nSPS) is 22.5. The number of benzene rings is 1. The van der Waals surface area contributed by atoms with Crippen LogP contribution < -0.4 is 0 Å². The fraction of sp³-hybridized carbons (Fsp3) is 0.385. The number of aliphatic carboxylic acids is 1. The van der Waals surface area contributed by atoms with Crippen molar-refractivity contribution in [1.82, 2.24) is 4.90 Å². The summed E-state index contributed by atoms with van der Waals surface area (Å²) in [5.74, 6) is -0.795. The van der Waals surface area contributed by atoms with Crippen LogP contribution in [0.5, 0.6) is 5.75 Å². The molecule has 2 atom stereocenters. The molecule has 2 N–H and O–H groups in total. The van der Waals surface area contributed by atoms with Crippen LogP contribution in [0.2, 0.25) is 0 Å². The van der Waals surface area contributed by atoms with Crippen LogP contribution in [0.3, 0.4) is 0 Å². The van der Waals surface area contributed by atoms with E-state index in [2.05, 4.69) is 0 Å². The maximum Gasteiger partial charge on any atom is 0.327 e. The topological polar surface area (TPSA) is 77.8 Å². The Labute approximate surface area is 115 Å². The Bertz CT molecular complexity index is 531. The van der Waals surface area contributed by atoms with Crippen molar-refractivity contribution in [2.45, 2.75) is 25.3 Å². The molecule has 6 heteroatoms. The second-order valence-corrected chi connectivity index (χ2v) is 5.85. The lowest BCUT2D eigenvalue weighted by molar-refractivity contribution is -0.141. The molecule has 0 saturated carbocycles. The van der Waals surface area contributed by atoms with Crippen LogP contribution in [0.15, 0.2) is 18.2 Å². The molecule has 1 aliphatic heterocycles. The van der Waals surface area contributed by atoms with E-state index in [1.54, 1.807) is 6.92 Å². The van der Waals surface area contributed by atoms with Crippen LogP contribution in [0, 0.1) is 6.92 Å². The number of aromatic hydroxyl groups is 1. The minimum absolute atomic E-state index is 0.0904. The van der Waals surface area contributed by atoms with E-state index in [0.29, 0.717) is 16.9 Å². The Morgan fingerprint density at radius 2 is 2.11 bits per heavy atom. The van der Waals surface area contributed by atoms with E-state index in [9.17, 15) is 14.7 Å². The van der Waals surface area contributed by atoms with Gasteiger partial charge in [0.25, 0.3) is 5.91 Å². The zero-order valence-electron chi connectivity index (χ0n) is 10.7. The van der Waals surface area contributed by atoms with Crippen molar-refractivity contribution in [2.75, 3.05) is 5.75 Å². The standard InChI is InChI=1S/C13H15NO4S/c1-7-5-9(15)3-4-10(7)12(16)14-8(2)19-6-11(14)13(17)18/h3-5,8,11,15H,6H2,1-2H3,(H,17,18). The Kier molecular flexibility index (Phi) is 3.71. The van der Waals surface area contributed by atoms with Gasteiger partial charge in [0.05, 0.1) is 5.37 Å². The molecular formula is C13H15NO4S. The molecule has 0 bridgehead atoms. The maximum atomic E-state index is 12.5. The van der Waals surface area contributed by atoms with Gasteiger partial charge in [-0.15, -0.1) is 11.8 Å². The summed E-state index contributed by atoms with van der Waals surface area (Å²) in [7, 11) is 0. The third-order valence-corrected chi connectivity index (χ3v) is 4.40. The summed E-state index contributed by atoms with van der Waals surface area (Å²) < 4.78 is 0. The smallest absolute Gasteiger partial charge is 0.327 e. The van der Waals surface area contributed by atoms with E-state index in [1.807, 2.05) is 6.92 Å². The van der Waals surface area contributed by atoms with Gasteiger partial charge in [0.1, 0.15) is 11.8 Å². The monoisotopic (exact) mass is 281 g/mol. The molecule has 0 spiro atoms. The minimum Gasteiger partial charge on any atom is -0.508 e. The Balaban J connectivity index is 2.34. The van der Waals surface area contributed by atoms with Gasteiger partial charge in [0.15, 0.2) is 0 Å². The lowest BCUT2D eigenvalue weighted by atomic mass is 10.1. The van der Waals surface area contributed by atoms with Gasteiger partial charge in [-0.2, -0.15) is 0 Å². The van der Waals surface area contributed by atoms with E-state index in [1.165, 1.54) is 34.9 Å². The fourth-order valence-electron chi connectivity index (χ4n) is 2.17. The highest BCUT2D eigenvalue weighted by molar-refractivity contribution is 8.00. The molecule has 0 radical (unpaired) electrons. The van der Waals surface area contributed by atoms with Gasteiger partial charge in [-0.05, 0) is 37.6 Å². The number of hydrogen-bond acceptors (Lipinski definition) is 4. The van der Waals surface area contributed by atoms with E-state index >= 15 is 0 Å². The number of phenolic OH excluding ortho intramolecular Hbond substituents is 1. The predicted octanol–water partition coefficient (Wildman–Crippen LogP) is 1.69. The zero-order chi connectivity index (χ0) is 14.2. The molecule has 1 aromatic carbocycles. The fourth-order valence-corrected chi connectivity index (χ4v) is 3.34. The third kappa shape index (κ3) is 2.53. The first-order valence-electron chi connectivity index (χ1n) is 5.88. The summed E-state index contributed by atoms with van der Waals surface area (Å²) in [4.78, 5) is 25.1. The van der Waals surface area contributed by atoms with Crippen LogP contribution >= 0.6 is 11.8 Å². The first-order chi connectivity index (χ1) is 8.91. The lowest BCUT2D eigenvalue weighted by Gasteiger charge is -2.25. The number of carboxylic acids is 1. The first-order valence-corrected chi connectivity index (χ1v) is 6.93. The number of nitrogens with zero attached hydrogens (tertiary/aromatic N) is 1. The van der Waals surface area contributed by atoms with Crippen molar-refractivity contribution < 1.29 is 19.8 Å². The Morgan fingerprint density at radius 1 is 1.42 bits per heavy atom. The number of rotatable bonds is 2. The van der Waals surface area contributed by atoms with Gasteiger partial charge in [-0.1, -0.05) is 0 Å². The SMILES string of the molecule is Cc1cc(O)ccc1C(=O)N1C(C)SCC1C(=O)O. The van der Waals surface area contributed by atoms with Gasteiger partial charge < -0.3 is 15.1 Å². The largest absolute Gasteiger partial charge is 0.508 e. The van der Waals surface area contributed by atoms with Crippen molar-refractivity contribution in [3.8, 4) is 5.75 Å². The number of carbonyl (C=O) groups excluding carboxylic acids is 1. The number of phenols is 1. The predicted molar refractivity (Wildman–Crippen MR) is 72.4 cm³/mol. The zero-order valence-corrected chi connectivity index (χ0v) is 11.5. The molecule has 1 aromatic rings. The van der Waals surface area contributed by atoms with E-state index in [4.69, 9.17) is 5.11 Å². The van der Waals surface area contributed by atoms with Crippen LogP contribution in [-0.4, -0.2) is 44.2 Å². The van der Waals surface area contributed by atoms with E-state index in [0.717, 1.165) is 0 Å². The van der Waals surface area contributed by atoms with Crippen molar-refractivity contribution in [3.63, 3.8) is 0 Å². The number of hydrogen-bond donors (Lipinski definition) is 2. The van der Waals surface area contributed by atoms with Gasteiger partial charge in [0.2, 0.25) is 0 Å². The summed E-state index contributed by atoms with van der Waals surface area (Å²) in [6.45, 7) is 3.54. The van der Waals surface area contributed by atoms with Crippen LogP contribution in [0.25, 0.3) is 0 Å². The van der Waals surface area contributed by atoms with Gasteiger partial charge in [0, 0.05) is 11.3 Å². The number of carbonyl (C=O) groups is 2. The average molecular weight is 281 g/mol. The van der Waals surface area contributed by atoms with Gasteiger partial charge in [-0.25, -0.2) is 4.79 Å². The minimum atomic E-state index is -0.985. The molecule has 1 amide bonds. The summed E-state index contributed by atoms with van der Waals surface area (Å²) >= 11 is 1.45. The number of carboxylic acid groups (broad SMARTS) is 1. The molecule has 1 fully saturated rings. The molecule has 2 unspecified atom stereocenters. The van der Waals surface area contributed by atoms with Gasteiger partial charge >= 0.3 is 5.97 Å². The highest BCUT2D eigenvalue weighted by Gasteiger charge is 2.40. The number of amides is 1. The highest BCUT2D eigenvalue weighted by atomic mass is 32.2. The Hall–Kier alpha value is -1.69. The summed E-state index contributed by atoms with van der Waals surface area (Å²) in [6.07, 6.45) is 0. The van der Waals surface area contributed by atoms with E-state index < -0.39 is 12.0 Å². The molecule has 1 heterocycles. The number of thioether (sulfide) groups is 1. The molecule has 0 aromatic heterocycles. The second-order valence-electron chi connectivity index (χ2n) is 4.50. The number of aryl methyl sites for hydroxylation is 1. The summed E-state index contributed by atoms with van der Waals surface area (Å²) in [5, 5.41) is 18.4. The molecule has 1 aliphatic rings. The molecule has 102 valence electrons. The Morgan fingerprint density at radius 3 is 2.68 bits per heavy atom. The third-order valence-electron chi connectivity index (χ3n) is 3.18. The average Bonchev–Trinajstić information content (AvgIpc) is 2.70. The molecule has 1 saturated heterocycles.